The molecule has 1 atom stereocenters. The molecule has 0 heterocycles. The molecule has 0 aromatic carbocycles. The van der Waals surface area contributed by atoms with Crippen molar-refractivity contribution in [2.45, 2.75) is 65.3 Å². The van der Waals surface area contributed by atoms with Gasteiger partial charge in [0.25, 0.3) is 0 Å². The number of rotatable bonds is 9. The van der Waals surface area contributed by atoms with Crippen LogP contribution in [0, 0.1) is 0 Å². The summed E-state index contributed by atoms with van der Waals surface area (Å²) in [6, 6.07) is 0.687. The molecule has 0 aliphatic rings. The average Bonchev–Trinajstić information content (AvgIpc) is 2.13. The number of nitrogens with one attached hydrogen (secondary N) is 1. The molecule has 0 saturated carbocycles. The van der Waals surface area contributed by atoms with Crippen LogP contribution in [0.4, 0.5) is 0 Å². The fourth-order valence-electron chi connectivity index (χ4n) is 1.54. The van der Waals surface area contributed by atoms with Crippen LogP contribution in [-0.4, -0.2) is 12.6 Å². The van der Waals surface area contributed by atoms with Crippen molar-refractivity contribution >= 4 is 0 Å². The van der Waals surface area contributed by atoms with E-state index in [-0.39, 0.29) is 0 Å². The van der Waals surface area contributed by atoms with E-state index in [1.807, 2.05) is 0 Å². The lowest BCUT2D eigenvalue weighted by Gasteiger charge is -2.13. The van der Waals surface area contributed by atoms with Crippen molar-refractivity contribution in [1.82, 2.24) is 5.32 Å². The zero-order valence-electron chi connectivity index (χ0n) is 10.2. The first-order chi connectivity index (χ1) is 6.66. The summed E-state index contributed by atoms with van der Waals surface area (Å²) in [6.45, 7) is 11.7. The van der Waals surface area contributed by atoms with E-state index in [1.165, 1.54) is 37.7 Å². The van der Waals surface area contributed by atoms with Crippen LogP contribution in [0.1, 0.15) is 59.3 Å². The van der Waals surface area contributed by atoms with Crippen molar-refractivity contribution in [1.29, 1.82) is 0 Å². The van der Waals surface area contributed by atoms with Gasteiger partial charge in [-0.2, -0.15) is 0 Å². The predicted octanol–water partition coefficient (Wildman–Crippen LogP) is 3.90. The van der Waals surface area contributed by atoms with E-state index in [0.29, 0.717) is 6.04 Å². The van der Waals surface area contributed by atoms with Gasteiger partial charge >= 0.3 is 0 Å². The van der Waals surface area contributed by atoms with Crippen molar-refractivity contribution in [3.8, 4) is 0 Å². The minimum atomic E-state index is 0.687. The van der Waals surface area contributed by atoms with Crippen LogP contribution in [0.5, 0.6) is 0 Å². The molecule has 0 radical (unpaired) electrons. The van der Waals surface area contributed by atoms with Crippen molar-refractivity contribution in [3.63, 3.8) is 0 Å². The second-order valence-corrected chi connectivity index (χ2v) is 4.41. The highest BCUT2D eigenvalue weighted by atomic mass is 14.9. The SMILES string of the molecule is C=C(C)CCCNC(C)CCCCC. The van der Waals surface area contributed by atoms with Gasteiger partial charge in [0.05, 0.1) is 0 Å². The lowest BCUT2D eigenvalue weighted by molar-refractivity contribution is 0.482. The van der Waals surface area contributed by atoms with Gasteiger partial charge in [-0.3, -0.25) is 0 Å². The largest absolute Gasteiger partial charge is 0.314 e. The molecule has 0 aliphatic carbocycles. The molecule has 0 rings (SSSR count). The molecule has 1 N–H and O–H groups in total. The van der Waals surface area contributed by atoms with E-state index in [4.69, 9.17) is 0 Å². The van der Waals surface area contributed by atoms with Gasteiger partial charge in [-0.05, 0) is 39.7 Å². The van der Waals surface area contributed by atoms with Crippen LogP contribution in [-0.2, 0) is 0 Å². The normalized spacial score (nSPS) is 12.8. The Bertz CT molecular complexity index is 140. The topological polar surface area (TPSA) is 12.0 Å². The summed E-state index contributed by atoms with van der Waals surface area (Å²) in [6.07, 6.45) is 7.77. The Morgan fingerprint density at radius 1 is 1.29 bits per heavy atom. The average molecular weight is 197 g/mol. The molecular weight excluding hydrogens is 170 g/mol. The quantitative estimate of drug-likeness (QED) is 0.436. The maximum atomic E-state index is 3.90. The van der Waals surface area contributed by atoms with Crippen molar-refractivity contribution in [3.05, 3.63) is 12.2 Å². The number of hydrogen-bond donors (Lipinski definition) is 1. The zero-order chi connectivity index (χ0) is 10.8. The monoisotopic (exact) mass is 197 g/mol. The minimum Gasteiger partial charge on any atom is -0.314 e. The Balaban J connectivity index is 3.18. The van der Waals surface area contributed by atoms with Crippen LogP contribution < -0.4 is 5.32 Å². The second-order valence-electron chi connectivity index (χ2n) is 4.41. The van der Waals surface area contributed by atoms with Gasteiger partial charge in [0.2, 0.25) is 0 Å². The molecule has 0 saturated heterocycles. The van der Waals surface area contributed by atoms with Crippen molar-refractivity contribution < 1.29 is 0 Å². The molecule has 0 bridgehead atoms. The highest BCUT2D eigenvalue weighted by molar-refractivity contribution is 4.87. The number of hydrogen-bond acceptors (Lipinski definition) is 1. The Kier molecular flexibility index (Phi) is 9.06. The third-order valence-corrected chi connectivity index (χ3v) is 2.51. The molecule has 0 aromatic heterocycles. The molecule has 0 fully saturated rings. The predicted molar refractivity (Wildman–Crippen MR) is 65.7 cm³/mol. The summed E-state index contributed by atoms with van der Waals surface area (Å²) in [4.78, 5) is 0. The van der Waals surface area contributed by atoms with E-state index in [1.54, 1.807) is 0 Å². The minimum absolute atomic E-state index is 0.687. The highest BCUT2D eigenvalue weighted by Crippen LogP contribution is 2.03. The van der Waals surface area contributed by atoms with Crippen LogP contribution in [0.2, 0.25) is 0 Å². The van der Waals surface area contributed by atoms with Crippen molar-refractivity contribution in [2.75, 3.05) is 6.54 Å². The molecule has 0 amide bonds. The maximum Gasteiger partial charge on any atom is 0.00387 e. The van der Waals surface area contributed by atoms with E-state index >= 15 is 0 Å². The van der Waals surface area contributed by atoms with Crippen LogP contribution in [0.25, 0.3) is 0 Å². The third kappa shape index (κ3) is 9.79. The standard InChI is InChI=1S/C13H27N/c1-5-6-7-10-13(4)14-11-8-9-12(2)3/h13-14H,2,5-11H2,1,3-4H3. The summed E-state index contributed by atoms with van der Waals surface area (Å²) in [5.74, 6) is 0. The van der Waals surface area contributed by atoms with Crippen LogP contribution >= 0.6 is 0 Å². The lowest BCUT2D eigenvalue weighted by atomic mass is 10.1. The number of allylic oxidation sites excluding steroid dienone is 1. The molecule has 1 nitrogen and oxygen atoms in total. The van der Waals surface area contributed by atoms with Gasteiger partial charge in [-0.25, -0.2) is 0 Å². The summed E-state index contributed by atoms with van der Waals surface area (Å²) in [5.41, 5.74) is 1.30. The van der Waals surface area contributed by atoms with Gasteiger partial charge in [0.15, 0.2) is 0 Å². The number of unbranched alkanes of at least 4 members (excludes halogenated alkanes) is 2. The molecule has 1 heteroatoms. The van der Waals surface area contributed by atoms with Gasteiger partial charge in [0, 0.05) is 6.04 Å². The Hall–Kier alpha value is -0.300. The molecule has 14 heavy (non-hydrogen) atoms. The first kappa shape index (κ1) is 13.7. The van der Waals surface area contributed by atoms with Gasteiger partial charge < -0.3 is 5.32 Å². The van der Waals surface area contributed by atoms with Crippen LogP contribution in [0.3, 0.4) is 0 Å². The van der Waals surface area contributed by atoms with E-state index < -0.39 is 0 Å². The summed E-state index contributed by atoms with van der Waals surface area (Å²) in [5, 5.41) is 3.56. The second kappa shape index (κ2) is 9.26. The summed E-state index contributed by atoms with van der Waals surface area (Å²) < 4.78 is 0. The Morgan fingerprint density at radius 3 is 2.57 bits per heavy atom. The summed E-state index contributed by atoms with van der Waals surface area (Å²) in [7, 11) is 0. The smallest absolute Gasteiger partial charge is 0.00387 e. The molecule has 0 aliphatic heterocycles. The lowest BCUT2D eigenvalue weighted by Crippen LogP contribution is -2.26. The fourth-order valence-corrected chi connectivity index (χ4v) is 1.54. The Morgan fingerprint density at radius 2 is 2.00 bits per heavy atom. The van der Waals surface area contributed by atoms with Gasteiger partial charge in [0.1, 0.15) is 0 Å². The first-order valence-corrected chi connectivity index (χ1v) is 6.04. The maximum absolute atomic E-state index is 3.90. The highest BCUT2D eigenvalue weighted by Gasteiger charge is 1.99. The van der Waals surface area contributed by atoms with E-state index in [2.05, 4.69) is 32.7 Å². The van der Waals surface area contributed by atoms with Crippen LogP contribution in [0.15, 0.2) is 12.2 Å². The van der Waals surface area contributed by atoms with Gasteiger partial charge in [-0.1, -0.05) is 31.8 Å². The van der Waals surface area contributed by atoms with Crippen molar-refractivity contribution in [2.24, 2.45) is 0 Å². The molecule has 84 valence electrons. The molecule has 1 unspecified atom stereocenters. The third-order valence-electron chi connectivity index (χ3n) is 2.51. The fraction of sp³-hybridized carbons (Fsp3) is 0.846. The van der Waals surface area contributed by atoms with E-state index in [0.717, 1.165) is 13.0 Å². The summed E-state index contributed by atoms with van der Waals surface area (Å²) >= 11 is 0. The first-order valence-electron chi connectivity index (χ1n) is 6.04. The van der Waals surface area contributed by atoms with Gasteiger partial charge in [-0.15, -0.1) is 6.58 Å². The van der Waals surface area contributed by atoms with E-state index in [9.17, 15) is 0 Å². The molecule has 0 aromatic rings. The molecular formula is C13H27N. The zero-order valence-corrected chi connectivity index (χ0v) is 10.2. The molecule has 0 spiro atoms. The Labute approximate surface area is 90.0 Å².